The highest BCUT2D eigenvalue weighted by Gasteiger charge is 2.24. The minimum atomic E-state index is -2.89. The predicted molar refractivity (Wildman–Crippen MR) is 51.6 cm³/mol. The number of aromatic carboxylic acids is 1. The largest absolute Gasteiger partial charge is 0.478 e. The summed E-state index contributed by atoms with van der Waals surface area (Å²) in [4.78, 5) is 14.3. The van der Waals surface area contributed by atoms with Crippen LogP contribution in [0.3, 0.4) is 0 Å². The molecular formula is C7H3Br2F2NO2. The van der Waals surface area contributed by atoms with Crippen molar-refractivity contribution in [2.75, 3.05) is 0 Å². The normalized spacial score (nSPS) is 10.6. The number of alkyl halides is 2. The van der Waals surface area contributed by atoms with Crippen LogP contribution in [0.25, 0.3) is 0 Å². The number of nitrogens with zero attached hydrogens (tertiary/aromatic N) is 1. The van der Waals surface area contributed by atoms with Crippen LogP contribution >= 0.6 is 31.9 Å². The van der Waals surface area contributed by atoms with Gasteiger partial charge >= 0.3 is 5.97 Å². The van der Waals surface area contributed by atoms with Crippen molar-refractivity contribution in [2.24, 2.45) is 0 Å². The van der Waals surface area contributed by atoms with Crippen molar-refractivity contribution in [2.45, 2.75) is 6.43 Å². The molecule has 0 radical (unpaired) electrons. The molecule has 1 rings (SSSR count). The van der Waals surface area contributed by atoms with Crippen molar-refractivity contribution in [3.63, 3.8) is 0 Å². The van der Waals surface area contributed by atoms with Gasteiger partial charge in [-0.05, 0) is 31.9 Å². The molecule has 1 heterocycles. The Balaban J connectivity index is 3.50. The topological polar surface area (TPSA) is 50.2 Å². The summed E-state index contributed by atoms with van der Waals surface area (Å²) >= 11 is 5.63. The zero-order valence-corrected chi connectivity index (χ0v) is 9.64. The van der Waals surface area contributed by atoms with Crippen molar-refractivity contribution in [3.8, 4) is 0 Å². The molecule has 1 N–H and O–H groups in total. The minimum absolute atomic E-state index is 0.0310. The Morgan fingerprint density at radius 1 is 1.50 bits per heavy atom. The first-order chi connectivity index (χ1) is 6.45. The molecule has 0 aliphatic rings. The van der Waals surface area contributed by atoms with Gasteiger partial charge in [-0.2, -0.15) is 0 Å². The Bertz CT molecular complexity index is 384. The first-order valence-corrected chi connectivity index (χ1v) is 4.89. The fourth-order valence-electron chi connectivity index (χ4n) is 0.896. The molecule has 0 aliphatic heterocycles. The van der Waals surface area contributed by atoms with E-state index in [-0.39, 0.29) is 9.08 Å². The minimum Gasteiger partial charge on any atom is -0.478 e. The Hall–Kier alpha value is -0.560. The molecule has 0 atom stereocenters. The van der Waals surface area contributed by atoms with Crippen molar-refractivity contribution in [1.29, 1.82) is 0 Å². The van der Waals surface area contributed by atoms with Gasteiger partial charge in [0.2, 0.25) is 0 Å². The first kappa shape index (κ1) is 11.5. The van der Waals surface area contributed by atoms with E-state index in [1.165, 1.54) is 0 Å². The van der Waals surface area contributed by atoms with Gasteiger partial charge in [-0.3, -0.25) is 0 Å². The molecular weight excluding hydrogens is 328 g/mol. The zero-order chi connectivity index (χ0) is 10.9. The molecule has 76 valence electrons. The van der Waals surface area contributed by atoms with E-state index in [1.807, 2.05) is 0 Å². The molecule has 0 spiro atoms. The van der Waals surface area contributed by atoms with E-state index in [9.17, 15) is 13.6 Å². The van der Waals surface area contributed by atoms with Crippen molar-refractivity contribution < 1.29 is 18.7 Å². The summed E-state index contributed by atoms with van der Waals surface area (Å²) in [5.41, 5.74) is -1.09. The lowest BCUT2D eigenvalue weighted by Gasteiger charge is -2.08. The van der Waals surface area contributed by atoms with Gasteiger partial charge in [-0.15, -0.1) is 0 Å². The SMILES string of the molecule is O=C(O)c1c(Br)cnc(Br)c1C(F)F. The maximum atomic E-state index is 12.5. The molecule has 0 saturated carbocycles. The summed E-state index contributed by atoms with van der Waals surface area (Å²) in [6.07, 6.45) is -1.74. The first-order valence-electron chi connectivity index (χ1n) is 3.30. The zero-order valence-electron chi connectivity index (χ0n) is 6.47. The Morgan fingerprint density at radius 2 is 2.07 bits per heavy atom. The van der Waals surface area contributed by atoms with Crippen LogP contribution in [0.15, 0.2) is 15.3 Å². The van der Waals surface area contributed by atoms with Gasteiger partial charge in [0.15, 0.2) is 0 Å². The van der Waals surface area contributed by atoms with Crippen LogP contribution in [0.2, 0.25) is 0 Å². The van der Waals surface area contributed by atoms with Gasteiger partial charge in [-0.1, -0.05) is 0 Å². The smallest absolute Gasteiger partial charge is 0.337 e. The molecule has 0 aliphatic carbocycles. The highest BCUT2D eigenvalue weighted by Crippen LogP contribution is 2.32. The van der Waals surface area contributed by atoms with E-state index in [0.29, 0.717) is 0 Å². The second-order valence-electron chi connectivity index (χ2n) is 2.29. The lowest BCUT2D eigenvalue weighted by molar-refractivity contribution is 0.0682. The number of carbonyl (C=O) groups is 1. The van der Waals surface area contributed by atoms with Gasteiger partial charge in [-0.25, -0.2) is 18.6 Å². The third-order valence-electron chi connectivity index (χ3n) is 1.45. The second kappa shape index (κ2) is 4.31. The van der Waals surface area contributed by atoms with Crippen LogP contribution < -0.4 is 0 Å². The van der Waals surface area contributed by atoms with Crippen molar-refractivity contribution in [1.82, 2.24) is 4.98 Å². The lowest BCUT2D eigenvalue weighted by atomic mass is 10.1. The van der Waals surface area contributed by atoms with Gasteiger partial charge < -0.3 is 5.11 Å². The number of aromatic nitrogens is 1. The standard InChI is InChI=1S/C7H3Br2F2NO2/c8-2-1-12-5(9)4(6(10)11)3(2)7(13)14/h1,6H,(H,13,14). The number of hydrogen-bond acceptors (Lipinski definition) is 2. The number of pyridine rings is 1. The van der Waals surface area contributed by atoms with E-state index in [4.69, 9.17) is 5.11 Å². The molecule has 0 aromatic carbocycles. The Morgan fingerprint density at radius 3 is 2.43 bits per heavy atom. The van der Waals surface area contributed by atoms with Crippen LogP contribution in [0.5, 0.6) is 0 Å². The fraction of sp³-hybridized carbons (Fsp3) is 0.143. The number of carboxylic acids is 1. The quantitative estimate of drug-likeness (QED) is 0.847. The summed E-state index contributed by atoms with van der Waals surface area (Å²) in [6.45, 7) is 0. The summed E-state index contributed by atoms with van der Waals surface area (Å²) in [5, 5.41) is 8.71. The van der Waals surface area contributed by atoms with Gasteiger partial charge in [0.05, 0.1) is 15.6 Å². The summed E-state index contributed by atoms with van der Waals surface area (Å²) in [5.74, 6) is -1.42. The van der Waals surface area contributed by atoms with E-state index >= 15 is 0 Å². The molecule has 7 heteroatoms. The molecule has 1 aromatic heterocycles. The average Bonchev–Trinajstić information content (AvgIpc) is 2.07. The van der Waals surface area contributed by atoms with Crippen molar-refractivity contribution in [3.05, 3.63) is 26.4 Å². The third-order valence-corrected chi connectivity index (χ3v) is 2.69. The van der Waals surface area contributed by atoms with Gasteiger partial charge in [0.1, 0.15) is 4.60 Å². The lowest BCUT2D eigenvalue weighted by Crippen LogP contribution is -2.06. The average molecular weight is 331 g/mol. The highest BCUT2D eigenvalue weighted by atomic mass is 79.9. The molecule has 3 nitrogen and oxygen atoms in total. The second-order valence-corrected chi connectivity index (χ2v) is 3.90. The molecule has 0 saturated heterocycles. The van der Waals surface area contributed by atoms with E-state index in [0.717, 1.165) is 6.20 Å². The van der Waals surface area contributed by atoms with Crippen LogP contribution in [0, 0.1) is 0 Å². The molecule has 1 aromatic rings. The summed E-state index contributed by atoms with van der Waals surface area (Å²) < 4.78 is 24.8. The monoisotopic (exact) mass is 329 g/mol. The summed E-state index contributed by atoms with van der Waals surface area (Å²) in [7, 11) is 0. The molecule has 0 bridgehead atoms. The highest BCUT2D eigenvalue weighted by molar-refractivity contribution is 9.11. The van der Waals surface area contributed by atoms with Gasteiger partial charge in [0.25, 0.3) is 6.43 Å². The van der Waals surface area contributed by atoms with E-state index < -0.39 is 23.5 Å². The number of hydrogen-bond donors (Lipinski definition) is 1. The number of rotatable bonds is 2. The van der Waals surface area contributed by atoms with E-state index in [1.54, 1.807) is 0 Å². The molecule has 0 fully saturated rings. The third kappa shape index (κ3) is 2.09. The van der Waals surface area contributed by atoms with E-state index in [2.05, 4.69) is 36.8 Å². The molecule has 14 heavy (non-hydrogen) atoms. The maximum absolute atomic E-state index is 12.5. The van der Waals surface area contributed by atoms with Crippen LogP contribution in [-0.4, -0.2) is 16.1 Å². The Labute approximate surface area is 94.4 Å². The number of halogens is 4. The summed E-state index contributed by atoms with van der Waals surface area (Å²) in [6, 6.07) is 0. The Kier molecular flexibility index (Phi) is 3.54. The fourth-order valence-corrected chi connectivity index (χ4v) is 1.85. The van der Waals surface area contributed by atoms with Gasteiger partial charge in [0, 0.05) is 6.20 Å². The number of carboxylic acid groups (broad SMARTS) is 1. The van der Waals surface area contributed by atoms with Crippen LogP contribution in [0.4, 0.5) is 8.78 Å². The van der Waals surface area contributed by atoms with Crippen molar-refractivity contribution >= 4 is 37.8 Å². The molecule has 0 unspecified atom stereocenters. The van der Waals surface area contributed by atoms with Crippen LogP contribution in [-0.2, 0) is 0 Å². The predicted octanol–water partition coefficient (Wildman–Crippen LogP) is 3.24. The maximum Gasteiger partial charge on any atom is 0.337 e. The van der Waals surface area contributed by atoms with Crippen LogP contribution in [0.1, 0.15) is 22.3 Å². The molecule has 0 amide bonds.